The molecule has 0 fully saturated rings. The number of thiophene rings is 2. The number of nitrogens with two attached hydrogens (primary N) is 1. The van der Waals surface area contributed by atoms with Gasteiger partial charge in [0.25, 0.3) is 0 Å². The first-order valence-corrected chi connectivity index (χ1v) is 9.01. The molecule has 0 amide bonds. The van der Waals surface area contributed by atoms with Crippen LogP contribution in [0.2, 0.25) is 0 Å². The van der Waals surface area contributed by atoms with Gasteiger partial charge in [0.1, 0.15) is 10.9 Å². The quantitative estimate of drug-likeness (QED) is 0.570. The van der Waals surface area contributed by atoms with E-state index in [4.69, 9.17) is 5.73 Å². The summed E-state index contributed by atoms with van der Waals surface area (Å²) in [6, 6.07) is 8.01. The maximum atomic E-state index is 9.27. The van der Waals surface area contributed by atoms with Crippen molar-refractivity contribution in [2.75, 3.05) is 5.73 Å². The summed E-state index contributed by atoms with van der Waals surface area (Å²) in [6.45, 7) is 0. The summed E-state index contributed by atoms with van der Waals surface area (Å²) in [5.74, 6) is 0. The maximum Gasteiger partial charge on any atom is 0.129 e. The van der Waals surface area contributed by atoms with E-state index < -0.39 is 0 Å². The van der Waals surface area contributed by atoms with Crippen LogP contribution in [0.3, 0.4) is 0 Å². The van der Waals surface area contributed by atoms with Crippen molar-refractivity contribution in [3.8, 4) is 27.6 Å². The molecule has 0 radical (unpaired) electrons. The van der Waals surface area contributed by atoms with Crippen LogP contribution in [0.25, 0.3) is 21.6 Å². The third kappa shape index (κ3) is 2.64. The first-order valence-electron chi connectivity index (χ1n) is 5.79. The van der Waals surface area contributed by atoms with Gasteiger partial charge in [-0.2, -0.15) is 5.26 Å². The number of pyridine rings is 1. The van der Waals surface area contributed by atoms with E-state index in [0.717, 1.165) is 29.1 Å². The van der Waals surface area contributed by atoms with Crippen molar-refractivity contribution in [1.82, 2.24) is 4.98 Å². The topological polar surface area (TPSA) is 62.7 Å². The number of hydrogen-bond acceptors (Lipinski definition) is 5. The highest BCUT2D eigenvalue weighted by atomic mass is 79.9. The Bertz CT molecular complexity index is 847. The lowest BCUT2D eigenvalue weighted by Crippen LogP contribution is -1.89. The van der Waals surface area contributed by atoms with E-state index in [0.29, 0.717) is 10.6 Å². The van der Waals surface area contributed by atoms with E-state index in [1.807, 2.05) is 18.2 Å². The molecular weight excluding hydrogens is 434 g/mol. The zero-order valence-corrected chi connectivity index (χ0v) is 15.2. The third-order valence-electron chi connectivity index (χ3n) is 2.90. The molecule has 104 valence electrons. The highest BCUT2D eigenvalue weighted by Crippen LogP contribution is 2.49. The Morgan fingerprint density at radius 2 is 2.10 bits per heavy atom. The second-order valence-corrected chi connectivity index (χ2v) is 8.91. The predicted octanol–water partition coefficient (Wildman–Crippen LogP) is 5.52. The summed E-state index contributed by atoms with van der Waals surface area (Å²) in [6.07, 6.45) is 3.48. The fraction of sp³-hybridized carbons (Fsp3) is 0. The van der Waals surface area contributed by atoms with E-state index in [9.17, 15) is 5.26 Å². The highest BCUT2D eigenvalue weighted by molar-refractivity contribution is 9.12. The van der Waals surface area contributed by atoms with Crippen LogP contribution < -0.4 is 5.73 Å². The van der Waals surface area contributed by atoms with Gasteiger partial charge >= 0.3 is 0 Å². The first-order chi connectivity index (χ1) is 10.1. The molecule has 3 aromatic heterocycles. The van der Waals surface area contributed by atoms with E-state index >= 15 is 0 Å². The van der Waals surface area contributed by atoms with Gasteiger partial charge in [0.05, 0.1) is 13.3 Å². The summed E-state index contributed by atoms with van der Waals surface area (Å²) in [5.41, 5.74) is 9.51. The number of hydrogen-bond donors (Lipinski definition) is 1. The lowest BCUT2D eigenvalue weighted by atomic mass is 10.0. The van der Waals surface area contributed by atoms with Crippen LogP contribution in [0.1, 0.15) is 4.88 Å². The average molecular weight is 441 g/mol. The summed E-state index contributed by atoms with van der Waals surface area (Å²) in [4.78, 5) is 5.65. The Hall–Kier alpha value is -1.20. The minimum absolute atomic E-state index is 0.514. The van der Waals surface area contributed by atoms with Crippen molar-refractivity contribution in [1.29, 1.82) is 5.26 Å². The first kappa shape index (κ1) is 14.7. The van der Waals surface area contributed by atoms with Crippen LogP contribution in [0.4, 0.5) is 5.69 Å². The molecule has 7 heteroatoms. The number of aromatic nitrogens is 1. The van der Waals surface area contributed by atoms with Gasteiger partial charge in [-0.05, 0) is 44.0 Å². The molecule has 3 aromatic rings. The molecule has 0 saturated heterocycles. The number of nitrogens with zero attached hydrogens (tertiary/aromatic N) is 2. The predicted molar refractivity (Wildman–Crippen MR) is 95.4 cm³/mol. The van der Waals surface area contributed by atoms with E-state index in [2.05, 4.69) is 42.9 Å². The molecule has 0 saturated carbocycles. The van der Waals surface area contributed by atoms with Crippen molar-refractivity contribution in [3.05, 3.63) is 43.0 Å². The Balaban J connectivity index is 2.31. The van der Waals surface area contributed by atoms with Crippen LogP contribution in [0, 0.1) is 11.3 Å². The lowest BCUT2D eigenvalue weighted by Gasteiger charge is -2.04. The summed E-state index contributed by atoms with van der Waals surface area (Å²) in [5, 5.41) is 9.27. The number of nitriles is 1. The molecule has 0 bridgehead atoms. The monoisotopic (exact) mass is 439 g/mol. The van der Waals surface area contributed by atoms with Crippen molar-refractivity contribution < 1.29 is 0 Å². The molecule has 2 N–H and O–H groups in total. The minimum Gasteiger partial charge on any atom is -0.396 e. The SMILES string of the molecule is N#Cc1sc(-c2cc(Br)sc2Br)c(-c2cccnc2)c1N. The minimum atomic E-state index is 0.514. The molecule has 0 aliphatic heterocycles. The van der Waals surface area contributed by atoms with Gasteiger partial charge in [-0.1, -0.05) is 6.07 Å². The number of rotatable bonds is 2. The van der Waals surface area contributed by atoms with Crippen LogP contribution in [-0.2, 0) is 0 Å². The third-order valence-corrected chi connectivity index (χ3v) is 6.38. The zero-order chi connectivity index (χ0) is 15.0. The fourth-order valence-corrected chi connectivity index (χ4v) is 6.09. The average Bonchev–Trinajstić information content (AvgIpc) is 2.99. The molecule has 0 aliphatic rings. The fourth-order valence-electron chi connectivity index (χ4n) is 2.01. The Kier molecular flexibility index (Phi) is 4.13. The van der Waals surface area contributed by atoms with Crippen molar-refractivity contribution in [2.45, 2.75) is 0 Å². The second-order valence-electron chi connectivity index (χ2n) is 4.14. The van der Waals surface area contributed by atoms with Gasteiger partial charge in [-0.3, -0.25) is 4.98 Å². The molecule has 0 spiro atoms. The summed E-state index contributed by atoms with van der Waals surface area (Å²) >= 11 is 10.1. The molecular formula is C14H7Br2N3S2. The maximum absolute atomic E-state index is 9.27. The Labute approximate surface area is 146 Å². The standard InChI is InChI=1S/C14H7Br2N3S2/c15-10-4-8(14(16)21-10)13-11(7-2-1-3-19-6-7)12(18)9(5-17)20-13/h1-4,6H,18H2. The van der Waals surface area contributed by atoms with Gasteiger partial charge < -0.3 is 5.73 Å². The smallest absolute Gasteiger partial charge is 0.129 e. The van der Waals surface area contributed by atoms with Crippen molar-refractivity contribution in [2.24, 2.45) is 0 Å². The highest BCUT2D eigenvalue weighted by Gasteiger charge is 2.21. The molecule has 21 heavy (non-hydrogen) atoms. The van der Waals surface area contributed by atoms with Crippen molar-refractivity contribution in [3.63, 3.8) is 0 Å². The number of anilines is 1. The molecule has 3 heterocycles. The second kappa shape index (κ2) is 5.89. The van der Waals surface area contributed by atoms with Crippen LogP contribution in [0.5, 0.6) is 0 Å². The van der Waals surface area contributed by atoms with Crippen LogP contribution in [-0.4, -0.2) is 4.98 Å². The number of halogens is 2. The lowest BCUT2D eigenvalue weighted by molar-refractivity contribution is 1.33. The molecule has 0 unspecified atom stereocenters. The van der Waals surface area contributed by atoms with Crippen LogP contribution >= 0.6 is 54.5 Å². The van der Waals surface area contributed by atoms with E-state index in [1.165, 1.54) is 11.3 Å². The van der Waals surface area contributed by atoms with Gasteiger partial charge in [-0.15, -0.1) is 22.7 Å². The van der Waals surface area contributed by atoms with Crippen LogP contribution in [0.15, 0.2) is 38.2 Å². The Morgan fingerprint density at radius 3 is 2.67 bits per heavy atom. The normalized spacial score (nSPS) is 10.5. The van der Waals surface area contributed by atoms with Gasteiger partial charge in [0.15, 0.2) is 0 Å². The van der Waals surface area contributed by atoms with E-state index in [1.54, 1.807) is 23.7 Å². The van der Waals surface area contributed by atoms with Gasteiger partial charge in [-0.25, -0.2) is 0 Å². The molecule has 3 rings (SSSR count). The largest absolute Gasteiger partial charge is 0.396 e. The summed E-state index contributed by atoms with van der Waals surface area (Å²) < 4.78 is 2.03. The molecule has 0 aliphatic carbocycles. The molecule has 0 atom stereocenters. The van der Waals surface area contributed by atoms with Crippen molar-refractivity contribution >= 4 is 60.2 Å². The van der Waals surface area contributed by atoms with Gasteiger partial charge in [0, 0.05) is 34.0 Å². The Morgan fingerprint density at radius 1 is 1.29 bits per heavy atom. The molecule has 3 nitrogen and oxygen atoms in total. The molecule has 0 aromatic carbocycles. The van der Waals surface area contributed by atoms with E-state index in [-0.39, 0.29) is 0 Å². The van der Waals surface area contributed by atoms with Gasteiger partial charge in [0.2, 0.25) is 0 Å². The summed E-state index contributed by atoms with van der Waals surface area (Å²) in [7, 11) is 0. The zero-order valence-electron chi connectivity index (χ0n) is 10.4. The number of nitrogen functional groups attached to an aromatic ring is 1.